The van der Waals surface area contributed by atoms with Gasteiger partial charge in [-0.25, -0.2) is 4.99 Å². The fourth-order valence-corrected chi connectivity index (χ4v) is 0.966. The third-order valence-corrected chi connectivity index (χ3v) is 1.44. The first kappa shape index (κ1) is 5.41. The van der Waals surface area contributed by atoms with Crippen molar-refractivity contribution in [2.45, 2.75) is 0 Å². The Hall–Kier alpha value is -1.38. The predicted octanol–water partition coefficient (Wildman–Crippen LogP) is 0.438. The smallest absolute Gasteiger partial charge is 0.280 e. The highest BCUT2D eigenvalue weighted by molar-refractivity contribution is 6.06. The molecule has 2 heterocycles. The van der Waals surface area contributed by atoms with Crippen LogP contribution in [0.3, 0.4) is 0 Å². The number of dihydropyridines is 1. The van der Waals surface area contributed by atoms with Gasteiger partial charge < -0.3 is 4.74 Å². The summed E-state index contributed by atoms with van der Waals surface area (Å²) < 4.78 is 5.08. The van der Waals surface area contributed by atoms with Crippen LogP contribution in [0.4, 0.5) is 0 Å². The van der Waals surface area contributed by atoms with Crippen LogP contribution in [-0.4, -0.2) is 18.7 Å². The van der Waals surface area contributed by atoms with Crippen LogP contribution >= 0.6 is 0 Å². The van der Waals surface area contributed by atoms with Gasteiger partial charge in [0.05, 0.1) is 5.57 Å². The van der Waals surface area contributed by atoms with Gasteiger partial charge in [-0.2, -0.15) is 0 Å². The number of ether oxygens (including phenoxy) is 1. The van der Waals surface area contributed by atoms with Crippen molar-refractivity contribution in [3.8, 4) is 0 Å². The van der Waals surface area contributed by atoms with E-state index in [1.54, 1.807) is 12.2 Å². The van der Waals surface area contributed by atoms with Crippen LogP contribution in [0.1, 0.15) is 0 Å². The zero-order valence-electron chi connectivity index (χ0n) is 5.20. The molecule has 0 aromatic carbocycles. The van der Waals surface area contributed by atoms with E-state index in [9.17, 15) is 4.79 Å². The number of amides is 1. The van der Waals surface area contributed by atoms with Crippen LogP contribution in [0.2, 0.25) is 0 Å². The second-order valence-electron chi connectivity index (χ2n) is 2.04. The van der Waals surface area contributed by atoms with Gasteiger partial charge >= 0.3 is 0 Å². The van der Waals surface area contributed by atoms with Crippen molar-refractivity contribution in [1.29, 1.82) is 0 Å². The minimum atomic E-state index is -0.199. The van der Waals surface area contributed by atoms with Gasteiger partial charge in [-0.3, -0.25) is 4.79 Å². The van der Waals surface area contributed by atoms with Gasteiger partial charge in [0, 0.05) is 6.21 Å². The highest BCUT2D eigenvalue weighted by Gasteiger charge is 2.21. The number of carbonyl (C=O) groups excluding carboxylic acids is 1. The number of hydrogen-bond donors (Lipinski definition) is 0. The van der Waals surface area contributed by atoms with Crippen molar-refractivity contribution < 1.29 is 9.53 Å². The van der Waals surface area contributed by atoms with Crippen molar-refractivity contribution in [3.05, 3.63) is 23.5 Å². The second kappa shape index (κ2) is 1.80. The summed E-state index contributed by atoms with van der Waals surface area (Å²) in [7, 11) is 0. The molecule has 0 aromatic rings. The average Bonchev–Trinajstić information content (AvgIpc) is 2.36. The lowest BCUT2D eigenvalue weighted by Crippen LogP contribution is -2.04. The molecule has 0 saturated heterocycles. The molecule has 0 aliphatic carbocycles. The highest BCUT2D eigenvalue weighted by atomic mass is 16.5. The minimum absolute atomic E-state index is 0.199. The number of fused-ring (bicyclic) bond motifs is 1. The average molecular weight is 135 g/mol. The Kier molecular flexibility index (Phi) is 0.974. The number of aliphatic imine (C=N–C) groups is 1. The minimum Gasteiger partial charge on any atom is -0.489 e. The van der Waals surface area contributed by atoms with Crippen molar-refractivity contribution in [3.63, 3.8) is 0 Å². The lowest BCUT2D eigenvalue weighted by Gasteiger charge is -2.02. The van der Waals surface area contributed by atoms with Crippen molar-refractivity contribution in [2.24, 2.45) is 4.99 Å². The first-order valence-corrected chi connectivity index (χ1v) is 3.00. The maximum Gasteiger partial charge on any atom is 0.280 e. The Morgan fingerprint density at radius 3 is 3.30 bits per heavy atom. The van der Waals surface area contributed by atoms with E-state index in [-0.39, 0.29) is 5.91 Å². The molecule has 0 bridgehead atoms. The summed E-state index contributed by atoms with van der Waals surface area (Å²) in [6.45, 7) is 0.496. The third-order valence-electron chi connectivity index (χ3n) is 1.44. The number of allylic oxidation sites excluding steroid dienone is 1. The standard InChI is InChI=1S/C7H5NO2/c9-7-5-2-4-10-6(5)1-3-8-7/h1-3H,4H2. The number of hydrogen-bond acceptors (Lipinski definition) is 2. The van der Waals surface area contributed by atoms with Crippen LogP contribution < -0.4 is 0 Å². The lowest BCUT2D eigenvalue weighted by molar-refractivity contribution is -0.114. The van der Waals surface area contributed by atoms with E-state index < -0.39 is 0 Å². The van der Waals surface area contributed by atoms with E-state index in [0.29, 0.717) is 17.9 Å². The van der Waals surface area contributed by atoms with Gasteiger partial charge in [0.1, 0.15) is 12.4 Å². The molecule has 3 heteroatoms. The summed E-state index contributed by atoms with van der Waals surface area (Å²) in [5, 5.41) is 0. The Bertz CT molecular complexity index is 273. The van der Waals surface area contributed by atoms with E-state index in [1.807, 2.05) is 0 Å². The summed E-state index contributed by atoms with van der Waals surface area (Å²) in [6.07, 6.45) is 4.89. The Morgan fingerprint density at radius 1 is 1.60 bits per heavy atom. The van der Waals surface area contributed by atoms with E-state index >= 15 is 0 Å². The molecule has 0 unspecified atom stereocenters. The van der Waals surface area contributed by atoms with Crippen LogP contribution in [0, 0.1) is 0 Å². The van der Waals surface area contributed by atoms with E-state index in [4.69, 9.17) is 4.74 Å². The molecule has 1 amide bonds. The maximum atomic E-state index is 10.9. The Balaban J connectivity index is 2.48. The summed E-state index contributed by atoms with van der Waals surface area (Å²) in [5.41, 5.74) is 0.600. The summed E-state index contributed by atoms with van der Waals surface area (Å²) in [4.78, 5) is 14.5. The topological polar surface area (TPSA) is 38.7 Å². The first-order valence-electron chi connectivity index (χ1n) is 3.00. The quantitative estimate of drug-likeness (QED) is 0.483. The monoisotopic (exact) mass is 135 g/mol. The van der Waals surface area contributed by atoms with E-state index in [1.165, 1.54) is 6.21 Å². The van der Waals surface area contributed by atoms with E-state index in [2.05, 4.69) is 4.99 Å². The molecule has 0 saturated carbocycles. The Morgan fingerprint density at radius 2 is 2.50 bits per heavy atom. The number of carbonyl (C=O) groups is 1. The lowest BCUT2D eigenvalue weighted by atomic mass is 10.2. The predicted molar refractivity (Wildman–Crippen MR) is 35.6 cm³/mol. The molecule has 10 heavy (non-hydrogen) atoms. The van der Waals surface area contributed by atoms with Crippen molar-refractivity contribution >= 4 is 12.1 Å². The largest absolute Gasteiger partial charge is 0.489 e. The molecule has 2 rings (SSSR count). The van der Waals surface area contributed by atoms with Gasteiger partial charge in [-0.15, -0.1) is 0 Å². The van der Waals surface area contributed by atoms with Crippen LogP contribution in [0.5, 0.6) is 0 Å². The molecule has 50 valence electrons. The molecular weight excluding hydrogens is 130 g/mol. The molecule has 0 atom stereocenters. The van der Waals surface area contributed by atoms with Gasteiger partial charge in [0.25, 0.3) is 5.91 Å². The molecular formula is C7H5NO2. The third kappa shape index (κ3) is 0.603. The summed E-state index contributed by atoms with van der Waals surface area (Å²) >= 11 is 0. The molecule has 3 nitrogen and oxygen atoms in total. The normalized spacial score (nSPS) is 21.4. The van der Waals surface area contributed by atoms with Gasteiger partial charge in [-0.05, 0) is 12.2 Å². The first-order chi connectivity index (χ1) is 4.88. The molecule has 0 spiro atoms. The molecule has 0 fully saturated rings. The Labute approximate surface area is 57.7 Å². The molecule has 0 N–H and O–H groups in total. The summed E-state index contributed by atoms with van der Waals surface area (Å²) in [6, 6.07) is 0. The van der Waals surface area contributed by atoms with Crippen LogP contribution in [0.15, 0.2) is 28.5 Å². The van der Waals surface area contributed by atoms with Crippen molar-refractivity contribution in [2.75, 3.05) is 6.61 Å². The number of rotatable bonds is 0. The fraction of sp³-hybridized carbons (Fsp3) is 0.143. The van der Waals surface area contributed by atoms with Crippen molar-refractivity contribution in [1.82, 2.24) is 0 Å². The molecule has 2 aliphatic heterocycles. The van der Waals surface area contributed by atoms with Gasteiger partial charge in [0.2, 0.25) is 0 Å². The maximum absolute atomic E-state index is 10.9. The van der Waals surface area contributed by atoms with Gasteiger partial charge in [0.15, 0.2) is 0 Å². The molecule has 0 radical (unpaired) electrons. The molecule has 0 aromatic heterocycles. The molecule has 2 aliphatic rings. The fourth-order valence-electron chi connectivity index (χ4n) is 0.966. The number of nitrogens with zero attached hydrogens (tertiary/aromatic N) is 1. The van der Waals surface area contributed by atoms with Gasteiger partial charge in [-0.1, -0.05) is 0 Å². The van der Waals surface area contributed by atoms with Crippen LogP contribution in [-0.2, 0) is 9.53 Å². The summed E-state index contributed by atoms with van der Waals surface area (Å²) in [5.74, 6) is 0.454. The zero-order valence-corrected chi connectivity index (χ0v) is 5.20. The highest BCUT2D eigenvalue weighted by Crippen LogP contribution is 2.21. The second-order valence-corrected chi connectivity index (χ2v) is 2.04. The zero-order chi connectivity index (χ0) is 6.97. The van der Waals surface area contributed by atoms with E-state index in [0.717, 1.165) is 0 Å². The van der Waals surface area contributed by atoms with Crippen LogP contribution in [0.25, 0.3) is 0 Å². The SMILES string of the molecule is O=C1N=CC=C2OCC=C12.